The number of amides is 1. The highest BCUT2D eigenvalue weighted by atomic mass is 16.7. The highest BCUT2D eigenvalue weighted by Gasteiger charge is 2.35. The summed E-state index contributed by atoms with van der Waals surface area (Å²) in [6.07, 6.45) is 1.38. The third kappa shape index (κ3) is 5.99. The van der Waals surface area contributed by atoms with Crippen LogP contribution in [0.1, 0.15) is 47.5 Å². The molecule has 0 aromatic heterocycles. The lowest BCUT2D eigenvalue weighted by atomic mass is 10.0. The Morgan fingerprint density at radius 2 is 1.81 bits per heavy atom. The fourth-order valence-corrected chi connectivity index (χ4v) is 1.87. The highest BCUT2D eigenvalue weighted by molar-refractivity contribution is 5.80. The van der Waals surface area contributed by atoms with Gasteiger partial charge < -0.3 is 15.8 Å². The topological polar surface area (TPSA) is 103 Å². The van der Waals surface area contributed by atoms with Gasteiger partial charge in [-0.3, -0.25) is 9.63 Å². The van der Waals surface area contributed by atoms with Gasteiger partial charge in [-0.1, -0.05) is 0 Å². The van der Waals surface area contributed by atoms with Crippen molar-refractivity contribution in [3.05, 3.63) is 0 Å². The molecule has 2 atom stereocenters. The van der Waals surface area contributed by atoms with E-state index in [9.17, 15) is 9.59 Å². The van der Waals surface area contributed by atoms with E-state index in [0.717, 1.165) is 6.42 Å². The van der Waals surface area contributed by atoms with Crippen molar-refractivity contribution in [3.63, 3.8) is 0 Å². The summed E-state index contributed by atoms with van der Waals surface area (Å²) in [6.45, 7) is 9.28. The zero-order chi connectivity index (χ0) is 16.3. The van der Waals surface area contributed by atoms with Gasteiger partial charge in [0.25, 0.3) is 0 Å². The Bertz CT molecular complexity index is 382. The predicted octanol–water partition coefficient (Wildman–Crippen LogP) is 0.234. The first-order valence-corrected chi connectivity index (χ1v) is 7.21. The Balaban J connectivity index is 2.40. The van der Waals surface area contributed by atoms with E-state index >= 15 is 0 Å². The fraction of sp³-hybridized carbons (Fsp3) is 0.857. The van der Waals surface area contributed by atoms with E-state index in [-0.39, 0.29) is 18.0 Å². The van der Waals surface area contributed by atoms with Gasteiger partial charge in [0.1, 0.15) is 5.60 Å². The molecule has 21 heavy (non-hydrogen) atoms. The molecule has 7 heteroatoms. The number of piperidine rings is 1. The average molecular weight is 301 g/mol. The number of carbonyl (C=O) groups is 2. The van der Waals surface area contributed by atoms with Crippen LogP contribution in [0.25, 0.3) is 0 Å². The monoisotopic (exact) mass is 301 g/mol. The maximum atomic E-state index is 12.0. The molecule has 0 bridgehead atoms. The molecule has 1 rings (SSSR count). The summed E-state index contributed by atoms with van der Waals surface area (Å²) in [5.41, 5.74) is 6.47. The first-order chi connectivity index (χ1) is 9.51. The molecule has 1 aliphatic rings. The highest BCUT2D eigenvalue weighted by Crippen LogP contribution is 2.17. The number of nitrogens with two attached hydrogens (primary N) is 1. The van der Waals surface area contributed by atoms with Crippen LogP contribution in [0, 0.1) is 0 Å². The second kappa shape index (κ2) is 6.72. The lowest BCUT2D eigenvalue weighted by Gasteiger charge is -2.32. The molecule has 0 unspecified atom stereocenters. The number of nitrogens with one attached hydrogen (secondary N) is 2. The summed E-state index contributed by atoms with van der Waals surface area (Å²) in [6, 6.07) is -0.274. The minimum atomic E-state index is -1.09. The van der Waals surface area contributed by atoms with E-state index in [1.165, 1.54) is 0 Å². The average Bonchev–Trinajstić information content (AvgIpc) is 2.35. The van der Waals surface area contributed by atoms with E-state index < -0.39 is 17.2 Å². The van der Waals surface area contributed by atoms with Gasteiger partial charge in [0.15, 0.2) is 5.60 Å². The van der Waals surface area contributed by atoms with Gasteiger partial charge in [0, 0.05) is 12.6 Å². The molecule has 1 aliphatic heterocycles. The maximum absolute atomic E-state index is 12.0. The van der Waals surface area contributed by atoms with Crippen LogP contribution in [0.5, 0.6) is 0 Å². The van der Waals surface area contributed by atoms with Gasteiger partial charge in [-0.25, -0.2) is 4.79 Å². The quantitative estimate of drug-likeness (QED) is 0.496. The van der Waals surface area contributed by atoms with Crippen LogP contribution in [0.15, 0.2) is 0 Å². The molecule has 7 nitrogen and oxygen atoms in total. The van der Waals surface area contributed by atoms with Crippen LogP contribution in [-0.4, -0.2) is 41.7 Å². The Morgan fingerprint density at radius 1 is 1.19 bits per heavy atom. The van der Waals surface area contributed by atoms with Crippen LogP contribution in [0.2, 0.25) is 0 Å². The summed E-state index contributed by atoms with van der Waals surface area (Å²) in [4.78, 5) is 28.6. The zero-order valence-electron chi connectivity index (χ0n) is 13.5. The molecule has 0 radical (unpaired) electrons. The van der Waals surface area contributed by atoms with Crippen LogP contribution in [-0.2, 0) is 19.2 Å². The second-order valence-electron chi connectivity index (χ2n) is 6.87. The van der Waals surface area contributed by atoms with Gasteiger partial charge in [-0.05, 0) is 47.5 Å². The molecule has 1 saturated heterocycles. The molecule has 0 saturated carbocycles. The predicted molar refractivity (Wildman–Crippen MR) is 78.2 cm³/mol. The number of hydroxylamine groups is 1. The van der Waals surface area contributed by atoms with E-state index in [4.69, 9.17) is 15.3 Å². The second-order valence-corrected chi connectivity index (χ2v) is 6.87. The molecule has 122 valence electrons. The third-order valence-corrected chi connectivity index (χ3v) is 3.13. The van der Waals surface area contributed by atoms with Gasteiger partial charge >= 0.3 is 5.97 Å². The number of hydrogen-bond acceptors (Lipinski definition) is 6. The Hall–Kier alpha value is -1.18. The fourth-order valence-electron chi connectivity index (χ4n) is 1.87. The molecular weight excluding hydrogens is 274 g/mol. The molecule has 0 aromatic carbocycles. The minimum absolute atomic E-state index is 0.0160. The molecule has 0 aromatic rings. The molecule has 0 spiro atoms. The van der Waals surface area contributed by atoms with Crippen LogP contribution in [0.3, 0.4) is 0 Å². The first kappa shape index (κ1) is 17.9. The minimum Gasteiger partial charge on any atom is -0.458 e. The summed E-state index contributed by atoms with van der Waals surface area (Å²) in [7, 11) is 0. The molecular formula is C14H27N3O4. The van der Waals surface area contributed by atoms with Crippen molar-refractivity contribution in [2.75, 3.05) is 6.54 Å². The van der Waals surface area contributed by atoms with E-state index in [2.05, 4.69) is 10.8 Å². The summed E-state index contributed by atoms with van der Waals surface area (Å²) < 4.78 is 5.31. The molecule has 1 fully saturated rings. The largest absolute Gasteiger partial charge is 0.458 e. The van der Waals surface area contributed by atoms with Crippen molar-refractivity contribution >= 4 is 11.9 Å². The SMILES string of the molecule is CC(C)(C)OC(=O)C(C)(C)ON[C@@H]1CC[C@@H](C(N)=O)NC1. The van der Waals surface area contributed by atoms with Crippen molar-refractivity contribution in [2.24, 2.45) is 5.73 Å². The van der Waals surface area contributed by atoms with Crippen molar-refractivity contribution in [3.8, 4) is 0 Å². The Kier molecular flexibility index (Phi) is 5.72. The van der Waals surface area contributed by atoms with E-state index in [0.29, 0.717) is 13.0 Å². The number of esters is 1. The molecule has 1 amide bonds. The Morgan fingerprint density at radius 3 is 2.24 bits per heavy atom. The summed E-state index contributed by atoms with van der Waals surface area (Å²) >= 11 is 0. The van der Waals surface area contributed by atoms with E-state index in [1.54, 1.807) is 13.8 Å². The third-order valence-electron chi connectivity index (χ3n) is 3.13. The van der Waals surface area contributed by atoms with Crippen molar-refractivity contribution in [2.45, 2.75) is 70.7 Å². The van der Waals surface area contributed by atoms with Gasteiger partial charge in [0.2, 0.25) is 5.91 Å². The lowest BCUT2D eigenvalue weighted by molar-refractivity contribution is -0.191. The number of hydrogen-bond donors (Lipinski definition) is 3. The normalized spacial score (nSPS) is 23.7. The number of rotatable bonds is 5. The first-order valence-electron chi connectivity index (χ1n) is 7.21. The summed E-state index contributed by atoms with van der Waals surface area (Å²) in [5.74, 6) is -0.773. The number of primary amides is 1. The number of ether oxygens (including phenoxy) is 1. The number of carbonyl (C=O) groups excluding carboxylic acids is 2. The standard InChI is InChI=1S/C14H27N3O4/c1-13(2,3)20-12(19)14(4,5)21-17-9-6-7-10(11(15)18)16-8-9/h9-10,16-17H,6-8H2,1-5H3,(H2,15,18)/t9-,10+/m1/s1. The zero-order valence-corrected chi connectivity index (χ0v) is 13.5. The van der Waals surface area contributed by atoms with Crippen molar-refractivity contribution in [1.82, 2.24) is 10.8 Å². The summed E-state index contributed by atoms with van der Waals surface area (Å²) in [5, 5.41) is 3.04. The van der Waals surface area contributed by atoms with Gasteiger partial charge in [-0.2, -0.15) is 5.48 Å². The Labute approximate surface area is 125 Å². The smallest absolute Gasteiger partial charge is 0.340 e. The van der Waals surface area contributed by atoms with Gasteiger partial charge in [-0.15, -0.1) is 0 Å². The maximum Gasteiger partial charge on any atom is 0.340 e. The van der Waals surface area contributed by atoms with Crippen molar-refractivity contribution in [1.29, 1.82) is 0 Å². The van der Waals surface area contributed by atoms with Crippen molar-refractivity contribution < 1.29 is 19.2 Å². The van der Waals surface area contributed by atoms with Crippen LogP contribution < -0.4 is 16.5 Å². The van der Waals surface area contributed by atoms with Crippen LogP contribution >= 0.6 is 0 Å². The molecule has 4 N–H and O–H groups in total. The lowest BCUT2D eigenvalue weighted by Crippen LogP contribution is -2.54. The molecule has 0 aliphatic carbocycles. The molecule has 1 heterocycles. The van der Waals surface area contributed by atoms with E-state index in [1.807, 2.05) is 20.8 Å². The van der Waals surface area contributed by atoms with Gasteiger partial charge in [0.05, 0.1) is 6.04 Å². The van der Waals surface area contributed by atoms with Crippen LogP contribution in [0.4, 0.5) is 0 Å².